The molecule has 0 spiro atoms. The van der Waals surface area contributed by atoms with Crippen LogP contribution in [0, 0.1) is 0 Å². The first-order valence-corrected chi connectivity index (χ1v) is 33.8. The molecule has 14 heteroatoms. The predicted octanol–water partition coefficient (Wildman–Crippen LogP) is 13.3. The largest absolute Gasteiger partial charge is 0.394 e. The zero-order chi connectivity index (χ0) is 62.3. The predicted molar refractivity (Wildman–Crippen MR) is 350 cm³/mol. The highest BCUT2D eigenvalue weighted by atomic mass is 16.7. The molecule has 0 bridgehead atoms. The minimum absolute atomic E-state index is 0.241. The normalized spacial score (nSPS) is 24.2. The van der Waals surface area contributed by atoms with Gasteiger partial charge in [-0.15, -0.1) is 0 Å². The quantitative estimate of drug-likeness (QED) is 0.0204. The number of aliphatic hydroxyl groups excluding tert-OH is 8. The maximum absolute atomic E-state index is 13.3. The number of hydrogen-bond acceptors (Lipinski definition) is 13. The third-order valence-corrected chi connectivity index (χ3v) is 15.7. The summed E-state index contributed by atoms with van der Waals surface area (Å²) in [5.41, 5.74) is 0. The molecular weight excluding hydrogens is 1090 g/mol. The molecule has 2 rings (SSSR count). The van der Waals surface area contributed by atoms with Crippen LogP contribution in [-0.4, -0.2) is 140 Å². The van der Waals surface area contributed by atoms with E-state index in [9.17, 15) is 45.6 Å². The standard InChI is InChI=1S/C72H121NO13/c1-3-5-7-9-11-13-15-17-19-21-23-24-25-26-27-28-29-30-31-32-33-34-35-36-38-40-42-44-46-48-50-52-54-56-64(77)73-60(61(76)55-53-51-49-47-45-43-41-39-37-22-20-18-16-14-12-10-8-6-4-2)59-83-71-69(82)67(80)70(63(58-75)85-71)86-72-68(81)66(79)65(78)62(57-74)84-72/h5,7,11,13,17,19,23-24,26-27,29-30,32-33,35-36,40,42,46,48,60-63,65-72,74-76,78-82H,3-4,6,8-10,12,14-16,18,20-22,25,28,31,34,37-39,41,43-45,47,49-59H2,1-2H3,(H,73,77)/b7-5-,13-11-,19-17-,24-23-,27-26-,30-29-,33-32-,36-35-,42-40-,48-46-. The average molecular weight is 1210 g/mol. The first kappa shape index (κ1) is 78.5. The Morgan fingerprint density at radius 2 is 0.802 bits per heavy atom. The first-order valence-electron chi connectivity index (χ1n) is 33.8. The summed E-state index contributed by atoms with van der Waals surface area (Å²) in [6.07, 6.45) is 63.4. The van der Waals surface area contributed by atoms with E-state index < -0.39 is 86.8 Å². The van der Waals surface area contributed by atoms with Crippen LogP contribution in [0.1, 0.15) is 232 Å². The van der Waals surface area contributed by atoms with Crippen LogP contribution in [0.2, 0.25) is 0 Å². The van der Waals surface area contributed by atoms with Crippen LogP contribution in [0.5, 0.6) is 0 Å². The molecule has 86 heavy (non-hydrogen) atoms. The lowest BCUT2D eigenvalue weighted by molar-refractivity contribution is -0.359. The van der Waals surface area contributed by atoms with Gasteiger partial charge in [0.05, 0.1) is 32.0 Å². The highest BCUT2D eigenvalue weighted by molar-refractivity contribution is 5.76. The number of ether oxygens (including phenoxy) is 4. The van der Waals surface area contributed by atoms with Crippen molar-refractivity contribution < 1.29 is 64.6 Å². The Labute approximate surface area is 520 Å². The van der Waals surface area contributed by atoms with Gasteiger partial charge >= 0.3 is 0 Å². The van der Waals surface area contributed by atoms with Crippen molar-refractivity contribution in [3.8, 4) is 0 Å². The Balaban J connectivity index is 1.72. The smallest absolute Gasteiger partial charge is 0.220 e. The van der Waals surface area contributed by atoms with E-state index in [0.717, 1.165) is 103 Å². The Bertz CT molecular complexity index is 1910. The van der Waals surface area contributed by atoms with Crippen molar-refractivity contribution in [2.24, 2.45) is 0 Å². The number of allylic oxidation sites excluding steroid dienone is 20. The van der Waals surface area contributed by atoms with Crippen LogP contribution in [-0.2, 0) is 23.7 Å². The molecule has 12 unspecified atom stereocenters. The summed E-state index contributed by atoms with van der Waals surface area (Å²) >= 11 is 0. The molecule has 0 aromatic carbocycles. The number of carbonyl (C=O) groups is 1. The molecule has 492 valence electrons. The number of rotatable bonds is 53. The van der Waals surface area contributed by atoms with E-state index in [4.69, 9.17) is 18.9 Å². The number of nitrogens with one attached hydrogen (secondary N) is 1. The monoisotopic (exact) mass is 1210 g/mol. The van der Waals surface area contributed by atoms with Crippen LogP contribution < -0.4 is 5.32 Å². The van der Waals surface area contributed by atoms with Gasteiger partial charge in [0.1, 0.15) is 48.8 Å². The maximum Gasteiger partial charge on any atom is 0.220 e. The van der Waals surface area contributed by atoms with E-state index in [1.165, 1.54) is 96.3 Å². The lowest BCUT2D eigenvalue weighted by Crippen LogP contribution is -2.65. The van der Waals surface area contributed by atoms with Crippen LogP contribution in [0.4, 0.5) is 0 Å². The highest BCUT2D eigenvalue weighted by Gasteiger charge is 2.51. The van der Waals surface area contributed by atoms with E-state index in [1.807, 2.05) is 0 Å². The molecule has 2 aliphatic heterocycles. The van der Waals surface area contributed by atoms with Gasteiger partial charge in [-0.1, -0.05) is 257 Å². The SMILES string of the molecule is CC/C=C\C/C=C\C/C=C\C/C=C\C/C=C\C/C=C\C/C=C\C/C=C\C/C=C\C/C=C\CCCCC(=O)NC(COC1OC(CO)C(OC2OC(CO)C(O)C(O)C2O)C(O)C1O)C(O)CCCCCCCCCCCCCCCCCCCCC. The molecule has 9 N–H and O–H groups in total. The summed E-state index contributed by atoms with van der Waals surface area (Å²) < 4.78 is 22.9. The number of unbranched alkanes of at least 4 members (excludes halogenated alkanes) is 20. The fourth-order valence-electron chi connectivity index (χ4n) is 10.3. The summed E-state index contributed by atoms with van der Waals surface area (Å²) in [5.74, 6) is -0.252. The molecule has 2 saturated heterocycles. The molecule has 0 saturated carbocycles. The molecule has 12 atom stereocenters. The molecule has 14 nitrogen and oxygen atoms in total. The number of carbonyl (C=O) groups excluding carboxylic acids is 1. The van der Waals surface area contributed by atoms with Crippen molar-refractivity contribution in [2.75, 3.05) is 19.8 Å². The molecular formula is C72H121NO13. The second-order valence-electron chi connectivity index (χ2n) is 23.2. The fourth-order valence-corrected chi connectivity index (χ4v) is 10.3. The van der Waals surface area contributed by atoms with Gasteiger partial charge in [0.25, 0.3) is 0 Å². The number of amides is 1. The van der Waals surface area contributed by atoms with Gasteiger partial charge in [-0.05, 0) is 89.9 Å². The van der Waals surface area contributed by atoms with Gasteiger partial charge in [0.2, 0.25) is 5.91 Å². The summed E-state index contributed by atoms with van der Waals surface area (Å²) in [6, 6.07) is -0.862. The van der Waals surface area contributed by atoms with Gasteiger partial charge in [-0.3, -0.25) is 4.79 Å². The van der Waals surface area contributed by atoms with E-state index in [0.29, 0.717) is 12.8 Å². The topological polar surface area (TPSA) is 228 Å². The van der Waals surface area contributed by atoms with Gasteiger partial charge in [-0.25, -0.2) is 0 Å². The molecule has 2 aliphatic rings. The minimum Gasteiger partial charge on any atom is -0.394 e. The van der Waals surface area contributed by atoms with E-state index >= 15 is 0 Å². The number of aliphatic hydroxyl groups is 8. The van der Waals surface area contributed by atoms with Crippen molar-refractivity contribution in [1.29, 1.82) is 0 Å². The van der Waals surface area contributed by atoms with Crippen molar-refractivity contribution in [3.05, 3.63) is 122 Å². The second kappa shape index (κ2) is 55.5. The lowest BCUT2D eigenvalue weighted by Gasteiger charge is -2.46. The zero-order valence-corrected chi connectivity index (χ0v) is 53.3. The molecule has 0 aromatic heterocycles. The summed E-state index contributed by atoms with van der Waals surface area (Å²) in [4.78, 5) is 13.3. The van der Waals surface area contributed by atoms with Gasteiger partial charge < -0.3 is 65.1 Å². The van der Waals surface area contributed by atoms with E-state index in [1.54, 1.807) is 0 Å². The van der Waals surface area contributed by atoms with Crippen molar-refractivity contribution in [1.82, 2.24) is 5.32 Å². The average Bonchev–Trinajstić information content (AvgIpc) is 2.63. The van der Waals surface area contributed by atoms with Gasteiger partial charge in [0.15, 0.2) is 12.6 Å². The molecule has 2 heterocycles. The summed E-state index contributed by atoms with van der Waals surface area (Å²) in [6.45, 7) is 2.72. The van der Waals surface area contributed by atoms with E-state index in [-0.39, 0.29) is 18.9 Å². The number of hydrogen-bond donors (Lipinski definition) is 9. The first-order chi connectivity index (χ1) is 42.1. The Hall–Kier alpha value is -3.61. The Kier molecular flexibility index (Phi) is 50.6. The van der Waals surface area contributed by atoms with Crippen molar-refractivity contribution >= 4 is 5.91 Å². The maximum atomic E-state index is 13.3. The van der Waals surface area contributed by atoms with Gasteiger partial charge in [0, 0.05) is 6.42 Å². The van der Waals surface area contributed by atoms with Crippen LogP contribution >= 0.6 is 0 Å². The van der Waals surface area contributed by atoms with Crippen LogP contribution in [0.15, 0.2) is 122 Å². The third kappa shape index (κ3) is 39.4. The van der Waals surface area contributed by atoms with E-state index in [2.05, 4.69) is 141 Å². The molecule has 2 fully saturated rings. The third-order valence-electron chi connectivity index (χ3n) is 15.7. The minimum atomic E-state index is -1.79. The fraction of sp³-hybridized carbons (Fsp3) is 0.708. The Morgan fingerprint density at radius 1 is 0.430 bits per heavy atom. The zero-order valence-electron chi connectivity index (χ0n) is 53.3. The molecule has 0 radical (unpaired) electrons. The second-order valence-corrected chi connectivity index (χ2v) is 23.2. The Morgan fingerprint density at radius 3 is 1.21 bits per heavy atom. The lowest BCUT2D eigenvalue weighted by atomic mass is 9.97. The van der Waals surface area contributed by atoms with Crippen LogP contribution in [0.25, 0.3) is 0 Å². The summed E-state index contributed by atoms with van der Waals surface area (Å²) in [5, 5.41) is 87.5. The van der Waals surface area contributed by atoms with Crippen molar-refractivity contribution in [2.45, 2.75) is 306 Å². The van der Waals surface area contributed by atoms with Crippen LogP contribution in [0.3, 0.4) is 0 Å². The van der Waals surface area contributed by atoms with Crippen molar-refractivity contribution in [3.63, 3.8) is 0 Å². The summed E-state index contributed by atoms with van der Waals surface area (Å²) in [7, 11) is 0. The molecule has 1 amide bonds. The molecule has 0 aliphatic carbocycles. The van der Waals surface area contributed by atoms with Gasteiger partial charge in [-0.2, -0.15) is 0 Å². The molecule has 0 aromatic rings. The highest BCUT2D eigenvalue weighted by Crippen LogP contribution is 2.30.